The van der Waals surface area contributed by atoms with Crippen molar-refractivity contribution in [3.8, 4) is 0 Å². The Morgan fingerprint density at radius 1 is 1.44 bits per heavy atom. The van der Waals surface area contributed by atoms with Crippen LogP contribution in [-0.4, -0.2) is 39.4 Å². The SMILES string of the molecule is C[NH+](C)CCS(=O)(=O)O. The molecule has 0 saturated carbocycles. The first-order valence-corrected chi connectivity index (χ1v) is 4.27. The van der Waals surface area contributed by atoms with E-state index in [1.54, 1.807) is 0 Å². The van der Waals surface area contributed by atoms with Crippen molar-refractivity contribution in [3.63, 3.8) is 0 Å². The van der Waals surface area contributed by atoms with Crippen LogP contribution < -0.4 is 4.90 Å². The molecule has 2 N–H and O–H groups in total. The predicted octanol–water partition coefficient (Wildman–Crippen LogP) is -1.98. The van der Waals surface area contributed by atoms with E-state index in [1.165, 1.54) is 0 Å². The van der Waals surface area contributed by atoms with Gasteiger partial charge in [0.25, 0.3) is 10.1 Å². The molecule has 56 valence electrons. The van der Waals surface area contributed by atoms with Gasteiger partial charge in [0, 0.05) is 0 Å². The van der Waals surface area contributed by atoms with Crippen molar-refractivity contribution in [2.24, 2.45) is 0 Å². The van der Waals surface area contributed by atoms with Crippen molar-refractivity contribution in [3.05, 3.63) is 0 Å². The molecule has 0 spiro atoms. The smallest absolute Gasteiger partial charge is 0.270 e. The first kappa shape index (κ1) is 8.87. The van der Waals surface area contributed by atoms with Gasteiger partial charge in [-0.05, 0) is 0 Å². The van der Waals surface area contributed by atoms with Crippen molar-refractivity contribution >= 4 is 10.1 Å². The fraction of sp³-hybridized carbons (Fsp3) is 1.00. The Hall–Kier alpha value is -0.130. The van der Waals surface area contributed by atoms with Gasteiger partial charge < -0.3 is 4.90 Å². The summed E-state index contributed by atoms with van der Waals surface area (Å²) in [6.45, 7) is 0.443. The molecular formula is C4H12NO3S+. The minimum atomic E-state index is -3.74. The van der Waals surface area contributed by atoms with Gasteiger partial charge >= 0.3 is 0 Å². The van der Waals surface area contributed by atoms with Crippen LogP contribution in [0.2, 0.25) is 0 Å². The third-order valence-electron chi connectivity index (χ3n) is 0.860. The van der Waals surface area contributed by atoms with E-state index in [1.807, 2.05) is 14.1 Å². The standard InChI is InChI=1S/C4H11NO3S/c1-5(2)3-4-9(6,7)8/h3-4H2,1-2H3,(H,6,7,8)/p+1. The third-order valence-corrected chi connectivity index (χ3v) is 1.58. The summed E-state index contributed by atoms with van der Waals surface area (Å²) in [6.07, 6.45) is 0. The lowest BCUT2D eigenvalue weighted by atomic mass is 10.7. The maximum atomic E-state index is 10.1. The van der Waals surface area contributed by atoms with E-state index >= 15 is 0 Å². The summed E-state index contributed by atoms with van der Waals surface area (Å²) in [7, 11) is -0.0909. The van der Waals surface area contributed by atoms with Crippen LogP contribution in [-0.2, 0) is 10.1 Å². The van der Waals surface area contributed by atoms with Crippen molar-refractivity contribution in [2.45, 2.75) is 0 Å². The Morgan fingerprint density at radius 2 is 1.89 bits per heavy atom. The molecule has 0 rings (SSSR count). The highest BCUT2D eigenvalue weighted by Crippen LogP contribution is 1.74. The molecular weight excluding hydrogens is 142 g/mol. The Morgan fingerprint density at radius 3 is 2.00 bits per heavy atom. The zero-order valence-electron chi connectivity index (χ0n) is 5.59. The monoisotopic (exact) mass is 154 g/mol. The first-order chi connectivity index (χ1) is 3.92. The quantitative estimate of drug-likeness (QED) is 0.463. The molecule has 0 unspecified atom stereocenters. The molecule has 0 aromatic carbocycles. The molecule has 0 fully saturated rings. The molecule has 0 heterocycles. The van der Waals surface area contributed by atoms with Crippen LogP contribution in [0.5, 0.6) is 0 Å². The third kappa shape index (κ3) is 7.87. The molecule has 5 heteroatoms. The van der Waals surface area contributed by atoms with E-state index < -0.39 is 10.1 Å². The van der Waals surface area contributed by atoms with E-state index in [0.29, 0.717) is 6.54 Å². The van der Waals surface area contributed by atoms with Crippen LogP contribution in [0.25, 0.3) is 0 Å². The zero-order chi connectivity index (χ0) is 7.49. The first-order valence-electron chi connectivity index (χ1n) is 2.66. The lowest BCUT2D eigenvalue weighted by Gasteiger charge is -2.03. The van der Waals surface area contributed by atoms with E-state index in [2.05, 4.69) is 0 Å². The van der Waals surface area contributed by atoms with Gasteiger partial charge in [0.05, 0.1) is 20.6 Å². The minimum absolute atomic E-state index is 0.157. The molecule has 0 aromatic heterocycles. The summed E-state index contributed by atoms with van der Waals surface area (Å²) in [5.41, 5.74) is 0. The molecule has 0 bridgehead atoms. The van der Waals surface area contributed by atoms with Crippen LogP contribution in [0.1, 0.15) is 0 Å². The van der Waals surface area contributed by atoms with Crippen molar-refractivity contribution in [2.75, 3.05) is 26.4 Å². The van der Waals surface area contributed by atoms with Gasteiger partial charge in [-0.1, -0.05) is 0 Å². The zero-order valence-corrected chi connectivity index (χ0v) is 6.40. The van der Waals surface area contributed by atoms with Gasteiger partial charge in [-0.25, -0.2) is 0 Å². The molecule has 0 radical (unpaired) electrons. The summed E-state index contributed by atoms with van der Waals surface area (Å²) in [5.74, 6) is -0.157. The van der Waals surface area contributed by atoms with E-state index in [-0.39, 0.29) is 5.75 Å². The van der Waals surface area contributed by atoms with Crippen LogP contribution in [0.15, 0.2) is 0 Å². The van der Waals surface area contributed by atoms with Gasteiger partial charge in [-0.2, -0.15) is 8.42 Å². The molecule has 0 aliphatic rings. The Bertz CT molecular complexity index is 161. The Labute approximate surface area is 55.2 Å². The van der Waals surface area contributed by atoms with Crippen LogP contribution in [0.3, 0.4) is 0 Å². The lowest BCUT2D eigenvalue weighted by molar-refractivity contribution is -0.855. The second kappa shape index (κ2) is 3.14. The molecule has 0 saturated heterocycles. The van der Waals surface area contributed by atoms with E-state index in [9.17, 15) is 8.42 Å². The average molecular weight is 154 g/mol. The van der Waals surface area contributed by atoms with Crippen molar-refractivity contribution in [1.29, 1.82) is 0 Å². The maximum absolute atomic E-state index is 10.1. The number of nitrogens with one attached hydrogen (secondary N) is 1. The molecule has 0 amide bonds. The molecule has 0 aromatic rings. The van der Waals surface area contributed by atoms with E-state index in [4.69, 9.17) is 4.55 Å². The van der Waals surface area contributed by atoms with Gasteiger partial charge in [0.1, 0.15) is 5.75 Å². The van der Waals surface area contributed by atoms with Gasteiger partial charge in [-0.3, -0.25) is 4.55 Å². The highest BCUT2D eigenvalue weighted by molar-refractivity contribution is 7.85. The van der Waals surface area contributed by atoms with Crippen LogP contribution >= 0.6 is 0 Å². The molecule has 0 atom stereocenters. The highest BCUT2D eigenvalue weighted by atomic mass is 32.2. The normalized spacial score (nSPS) is 12.4. The second-order valence-electron chi connectivity index (χ2n) is 2.24. The van der Waals surface area contributed by atoms with Gasteiger partial charge in [-0.15, -0.1) is 0 Å². The van der Waals surface area contributed by atoms with Crippen LogP contribution in [0, 0.1) is 0 Å². The summed E-state index contributed by atoms with van der Waals surface area (Å²) in [6, 6.07) is 0. The number of hydrogen-bond donors (Lipinski definition) is 2. The van der Waals surface area contributed by atoms with Crippen LogP contribution in [0.4, 0.5) is 0 Å². The Kier molecular flexibility index (Phi) is 3.10. The topological polar surface area (TPSA) is 58.8 Å². The largest absolute Gasteiger partial charge is 0.339 e. The molecule has 0 aliphatic carbocycles. The van der Waals surface area contributed by atoms with Crippen molar-refractivity contribution in [1.82, 2.24) is 0 Å². The predicted molar refractivity (Wildman–Crippen MR) is 34.1 cm³/mol. The Balaban J connectivity index is 3.53. The highest BCUT2D eigenvalue weighted by Gasteiger charge is 2.05. The number of hydrogen-bond acceptors (Lipinski definition) is 2. The van der Waals surface area contributed by atoms with E-state index in [0.717, 1.165) is 4.90 Å². The van der Waals surface area contributed by atoms with Crippen molar-refractivity contribution < 1.29 is 17.9 Å². The lowest BCUT2D eigenvalue weighted by Crippen LogP contribution is -3.06. The number of quaternary nitrogens is 1. The second-order valence-corrected chi connectivity index (χ2v) is 3.82. The fourth-order valence-corrected chi connectivity index (χ4v) is 0.999. The summed E-state index contributed by atoms with van der Waals surface area (Å²) in [5, 5.41) is 0. The molecule has 0 aliphatic heterocycles. The minimum Gasteiger partial charge on any atom is -0.339 e. The maximum Gasteiger partial charge on any atom is 0.270 e. The fourth-order valence-electron chi connectivity index (χ4n) is 0.333. The van der Waals surface area contributed by atoms with Gasteiger partial charge in [0.15, 0.2) is 0 Å². The average Bonchev–Trinajstić information content (AvgIpc) is 1.59. The molecule has 4 nitrogen and oxygen atoms in total. The molecule has 9 heavy (non-hydrogen) atoms. The summed E-state index contributed by atoms with van der Waals surface area (Å²) < 4.78 is 28.4. The summed E-state index contributed by atoms with van der Waals surface area (Å²) in [4.78, 5) is 1.01. The number of rotatable bonds is 3. The van der Waals surface area contributed by atoms with Gasteiger partial charge in [0.2, 0.25) is 0 Å². The summed E-state index contributed by atoms with van der Waals surface area (Å²) >= 11 is 0.